The van der Waals surface area contributed by atoms with Crippen molar-refractivity contribution < 1.29 is 0 Å². The molecule has 0 amide bonds. The summed E-state index contributed by atoms with van der Waals surface area (Å²) in [5, 5.41) is 1.02. The summed E-state index contributed by atoms with van der Waals surface area (Å²) in [6, 6.07) is 0. The molecule has 0 aromatic rings. The van der Waals surface area contributed by atoms with Crippen molar-refractivity contribution in [2.45, 2.75) is 12.8 Å². The molecule has 0 bridgehead atoms. The van der Waals surface area contributed by atoms with Crippen LogP contribution in [0.3, 0.4) is 0 Å². The molecule has 0 nitrogen and oxygen atoms in total. The number of alkyl halides is 4. The third kappa shape index (κ3) is 22.8. The van der Waals surface area contributed by atoms with E-state index in [1.807, 2.05) is 0 Å². The van der Waals surface area contributed by atoms with E-state index in [1.165, 1.54) is 0 Å². The molecule has 0 aromatic carbocycles. The smallest absolute Gasteiger partial charge is 0.0234 e. The van der Waals surface area contributed by atoms with Crippen LogP contribution in [0.4, 0.5) is 0 Å². The van der Waals surface area contributed by atoms with E-state index in [0.717, 1.165) is 24.1 Å². The zero-order valence-corrected chi connectivity index (χ0v) is 9.61. The molecule has 64 valence electrons. The van der Waals surface area contributed by atoms with Gasteiger partial charge in [-0.1, -0.05) is 15.9 Å². The molecule has 0 atom stereocenters. The van der Waals surface area contributed by atoms with Crippen LogP contribution in [-0.2, 0) is 0 Å². The summed E-state index contributed by atoms with van der Waals surface area (Å²) in [7, 11) is 0. The largest absolute Gasteiger partial charge is 0.127 e. The van der Waals surface area contributed by atoms with Crippen molar-refractivity contribution >= 4 is 50.7 Å². The van der Waals surface area contributed by atoms with Crippen molar-refractivity contribution in [1.29, 1.82) is 0 Å². The highest BCUT2D eigenvalue weighted by Gasteiger charge is 1.72. The van der Waals surface area contributed by atoms with Gasteiger partial charge in [-0.25, -0.2) is 0 Å². The van der Waals surface area contributed by atoms with E-state index < -0.39 is 0 Å². The molecular formula is C6H12BrCl3. The Balaban J connectivity index is 0. The minimum absolute atomic E-state index is 0.684. The van der Waals surface area contributed by atoms with E-state index in [4.69, 9.17) is 34.8 Å². The number of halogens is 4. The predicted octanol–water partition coefficient (Wildman–Crippen LogP) is 3.86. The summed E-state index contributed by atoms with van der Waals surface area (Å²) in [5.74, 6) is 2.14. The number of hydrogen-bond acceptors (Lipinski definition) is 0. The average molecular weight is 270 g/mol. The Morgan fingerprint density at radius 3 is 1.20 bits per heavy atom. The van der Waals surface area contributed by atoms with Crippen molar-refractivity contribution in [2.24, 2.45) is 0 Å². The first-order chi connectivity index (χ1) is 4.83. The van der Waals surface area contributed by atoms with Crippen LogP contribution in [0.15, 0.2) is 0 Å². The molecular weight excluding hydrogens is 258 g/mol. The van der Waals surface area contributed by atoms with Gasteiger partial charge in [0.15, 0.2) is 0 Å². The number of rotatable bonds is 4. The first-order valence-corrected chi connectivity index (χ1v) is 5.79. The van der Waals surface area contributed by atoms with Gasteiger partial charge in [0.05, 0.1) is 0 Å². The van der Waals surface area contributed by atoms with Crippen molar-refractivity contribution in [2.75, 3.05) is 23.0 Å². The quantitative estimate of drug-likeness (QED) is 0.680. The highest BCUT2D eigenvalue weighted by molar-refractivity contribution is 9.09. The van der Waals surface area contributed by atoms with Crippen molar-refractivity contribution in [3.8, 4) is 0 Å². The summed E-state index contributed by atoms with van der Waals surface area (Å²) in [4.78, 5) is 0. The maximum atomic E-state index is 5.27. The molecule has 0 rings (SSSR count). The molecule has 4 heteroatoms. The van der Waals surface area contributed by atoms with Crippen molar-refractivity contribution in [1.82, 2.24) is 0 Å². The molecule has 0 spiro atoms. The summed E-state index contributed by atoms with van der Waals surface area (Å²) < 4.78 is 0. The summed E-state index contributed by atoms with van der Waals surface area (Å²) in [6.07, 6.45) is 1.99. The van der Waals surface area contributed by atoms with Crippen LogP contribution in [0.2, 0.25) is 0 Å². The van der Waals surface area contributed by atoms with Crippen molar-refractivity contribution in [3.05, 3.63) is 0 Å². The van der Waals surface area contributed by atoms with Gasteiger partial charge in [-0.15, -0.1) is 34.8 Å². The maximum Gasteiger partial charge on any atom is 0.0234 e. The SMILES string of the molecule is ClCCCBr.ClCCCCl. The normalized spacial score (nSPS) is 8.40. The minimum atomic E-state index is 0.684. The molecule has 0 N–H and O–H groups in total. The van der Waals surface area contributed by atoms with Gasteiger partial charge in [-0.2, -0.15) is 0 Å². The van der Waals surface area contributed by atoms with Gasteiger partial charge in [-0.05, 0) is 12.8 Å². The molecule has 0 aliphatic rings. The molecule has 0 unspecified atom stereocenters. The Hall–Kier alpha value is 1.35. The van der Waals surface area contributed by atoms with Gasteiger partial charge in [0.25, 0.3) is 0 Å². The lowest BCUT2D eigenvalue weighted by atomic mass is 10.6. The molecule has 0 saturated carbocycles. The van der Waals surface area contributed by atoms with E-state index in [1.54, 1.807) is 0 Å². The lowest BCUT2D eigenvalue weighted by Crippen LogP contribution is -1.70. The molecule has 0 heterocycles. The molecule has 0 aliphatic carbocycles. The maximum absolute atomic E-state index is 5.27. The summed E-state index contributed by atoms with van der Waals surface area (Å²) >= 11 is 18.9. The van der Waals surface area contributed by atoms with E-state index in [0.29, 0.717) is 11.8 Å². The Labute approximate surface area is 86.3 Å². The van der Waals surface area contributed by atoms with E-state index in [2.05, 4.69) is 15.9 Å². The first kappa shape index (κ1) is 13.9. The topological polar surface area (TPSA) is 0 Å². The standard InChI is InChI=1S/C3H6BrCl.C3H6Cl2/c2*4-2-1-3-5/h2*1-3H2. The second-order valence-corrected chi connectivity index (χ2v) is 3.39. The van der Waals surface area contributed by atoms with Gasteiger partial charge in [0.1, 0.15) is 0 Å². The summed E-state index contributed by atoms with van der Waals surface area (Å²) in [5.41, 5.74) is 0. The van der Waals surface area contributed by atoms with Crippen molar-refractivity contribution in [3.63, 3.8) is 0 Å². The van der Waals surface area contributed by atoms with Crippen LogP contribution < -0.4 is 0 Å². The lowest BCUT2D eigenvalue weighted by Gasteiger charge is -1.75. The second-order valence-electron chi connectivity index (χ2n) is 1.46. The predicted molar refractivity (Wildman–Crippen MR) is 55.2 cm³/mol. The zero-order valence-electron chi connectivity index (χ0n) is 5.75. The van der Waals surface area contributed by atoms with Gasteiger partial charge in [0.2, 0.25) is 0 Å². The highest BCUT2D eigenvalue weighted by Crippen LogP contribution is 1.87. The van der Waals surface area contributed by atoms with Gasteiger partial charge >= 0.3 is 0 Å². The Morgan fingerprint density at radius 1 is 0.800 bits per heavy atom. The van der Waals surface area contributed by atoms with Gasteiger partial charge < -0.3 is 0 Å². The molecule has 10 heavy (non-hydrogen) atoms. The summed E-state index contributed by atoms with van der Waals surface area (Å²) in [6.45, 7) is 0. The van der Waals surface area contributed by atoms with Crippen LogP contribution in [0.5, 0.6) is 0 Å². The first-order valence-electron chi connectivity index (χ1n) is 3.07. The van der Waals surface area contributed by atoms with E-state index in [9.17, 15) is 0 Å². The van der Waals surface area contributed by atoms with Gasteiger partial charge in [-0.3, -0.25) is 0 Å². The molecule has 0 aromatic heterocycles. The average Bonchev–Trinajstić information content (AvgIpc) is 1.93. The van der Waals surface area contributed by atoms with E-state index >= 15 is 0 Å². The fourth-order valence-corrected chi connectivity index (χ4v) is 1.24. The van der Waals surface area contributed by atoms with Crippen LogP contribution in [0.1, 0.15) is 12.8 Å². The Kier molecular flexibility index (Phi) is 23.3. The number of hydrogen-bond donors (Lipinski definition) is 0. The monoisotopic (exact) mass is 268 g/mol. The van der Waals surface area contributed by atoms with Crippen LogP contribution in [-0.4, -0.2) is 23.0 Å². The zero-order chi connectivity index (χ0) is 8.24. The third-order valence-corrected chi connectivity index (χ3v) is 1.90. The minimum Gasteiger partial charge on any atom is -0.127 e. The second kappa shape index (κ2) is 16.7. The van der Waals surface area contributed by atoms with Crippen LogP contribution >= 0.6 is 50.7 Å². The Morgan fingerprint density at radius 2 is 1.20 bits per heavy atom. The fourth-order valence-electron chi connectivity index (χ4n) is 0.101. The highest BCUT2D eigenvalue weighted by atomic mass is 79.9. The molecule has 0 saturated heterocycles. The molecule has 0 aliphatic heterocycles. The third-order valence-electron chi connectivity index (χ3n) is 0.535. The molecule has 0 fully saturated rings. The van der Waals surface area contributed by atoms with Crippen LogP contribution in [0, 0.1) is 0 Å². The Bertz CT molecular complexity index is 34.0. The van der Waals surface area contributed by atoms with Crippen LogP contribution in [0.25, 0.3) is 0 Å². The molecule has 0 radical (unpaired) electrons. The van der Waals surface area contributed by atoms with Gasteiger partial charge in [0, 0.05) is 23.0 Å². The fraction of sp³-hybridized carbons (Fsp3) is 1.00. The lowest BCUT2D eigenvalue weighted by molar-refractivity contribution is 1.11. The van der Waals surface area contributed by atoms with E-state index in [-0.39, 0.29) is 0 Å².